The van der Waals surface area contributed by atoms with E-state index in [4.69, 9.17) is 9.47 Å². The molecule has 0 aromatic heterocycles. The number of rotatable bonds is 5. The Labute approximate surface area is 138 Å². The van der Waals surface area contributed by atoms with E-state index >= 15 is 0 Å². The maximum absolute atomic E-state index is 12.4. The van der Waals surface area contributed by atoms with Crippen molar-refractivity contribution in [3.8, 4) is 5.75 Å². The van der Waals surface area contributed by atoms with Crippen molar-refractivity contribution >= 4 is 6.03 Å². The molecule has 1 aromatic rings. The van der Waals surface area contributed by atoms with Gasteiger partial charge in [0, 0.05) is 32.1 Å². The predicted octanol–water partition coefficient (Wildman–Crippen LogP) is 1.41. The zero-order chi connectivity index (χ0) is 16.7. The number of carbonyl (C=O) groups is 1. The summed E-state index contributed by atoms with van der Waals surface area (Å²) in [6, 6.07) is 7.68. The number of methoxy groups -OCH3 is 1. The second-order valence-corrected chi connectivity index (χ2v) is 6.16. The quantitative estimate of drug-likeness (QED) is 0.891. The van der Waals surface area contributed by atoms with E-state index < -0.39 is 0 Å². The summed E-state index contributed by atoms with van der Waals surface area (Å²) in [6.45, 7) is 4.07. The molecule has 6 heteroatoms. The fourth-order valence-corrected chi connectivity index (χ4v) is 2.76. The molecule has 2 amide bonds. The Hall–Kier alpha value is -1.79. The third kappa shape index (κ3) is 5.73. The predicted molar refractivity (Wildman–Crippen MR) is 89.7 cm³/mol. The number of hydrogen-bond donors (Lipinski definition) is 1. The molecule has 0 spiro atoms. The summed E-state index contributed by atoms with van der Waals surface area (Å²) >= 11 is 0. The van der Waals surface area contributed by atoms with Crippen molar-refractivity contribution in [3.63, 3.8) is 0 Å². The molecular weight excluding hydrogens is 294 g/mol. The molecule has 0 radical (unpaired) electrons. The highest BCUT2D eigenvalue weighted by Gasteiger charge is 2.22. The summed E-state index contributed by atoms with van der Waals surface area (Å²) in [4.78, 5) is 16.4. The standard InChI is InChI=1S/C17H27N3O3/c1-19(2)11-15-12-20(7-8-23-13-15)17(21)18-10-14-5-4-6-16(9-14)22-3/h4-6,9,15H,7-8,10-13H2,1-3H3,(H,18,21)/t15-/m0/s1. The first-order valence-electron chi connectivity index (χ1n) is 7.96. The van der Waals surface area contributed by atoms with E-state index in [-0.39, 0.29) is 6.03 Å². The molecule has 2 rings (SSSR count). The van der Waals surface area contributed by atoms with Crippen LogP contribution >= 0.6 is 0 Å². The van der Waals surface area contributed by atoms with Crippen molar-refractivity contribution in [3.05, 3.63) is 29.8 Å². The van der Waals surface area contributed by atoms with E-state index in [0.29, 0.717) is 32.2 Å². The van der Waals surface area contributed by atoms with Crippen LogP contribution in [0.25, 0.3) is 0 Å². The maximum atomic E-state index is 12.4. The lowest BCUT2D eigenvalue weighted by molar-refractivity contribution is 0.112. The van der Waals surface area contributed by atoms with Crippen molar-refractivity contribution in [2.45, 2.75) is 6.54 Å². The number of hydrogen-bond acceptors (Lipinski definition) is 4. The van der Waals surface area contributed by atoms with Gasteiger partial charge in [-0.25, -0.2) is 4.79 Å². The number of urea groups is 1. The molecule has 1 fully saturated rings. The Morgan fingerprint density at radius 1 is 1.48 bits per heavy atom. The molecule has 23 heavy (non-hydrogen) atoms. The van der Waals surface area contributed by atoms with E-state index in [9.17, 15) is 4.79 Å². The summed E-state index contributed by atoms with van der Waals surface area (Å²) in [5.74, 6) is 1.14. The molecule has 0 saturated carbocycles. The molecule has 0 aliphatic carbocycles. The van der Waals surface area contributed by atoms with Crippen LogP contribution in [0.4, 0.5) is 4.79 Å². The highest BCUT2D eigenvalue weighted by Crippen LogP contribution is 2.13. The minimum Gasteiger partial charge on any atom is -0.497 e. The SMILES string of the molecule is COc1cccc(CNC(=O)N2CCOC[C@@H](CN(C)C)C2)c1. The van der Waals surface area contributed by atoms with Gasteiger partial charge >= 0.3 is 6.03 Å². The molecule has 1 heterocycles. The topological polar surface area (TPSA) is 54.0 Å². The largest absolute Gasteiger partial charge is 0.497 e. The van der Waals surface area contributed by atoms with Crippen LogP contribution in [-0.4, -0.2) is 69.9 Å². The molecule has 0 bridgehead atoms. The molecule has 1 saturated heterocycles. The second-order valence-electron chi connectivity index (χ2n) is 6.16. The van der Waals surface area contributed by atoms with Crippen LogP contribution < -0.4 is 10.1 Å². The molecular formula is C17H27N3O3. The van der Waals surface area contributed by atoms with Crippen LogP contribution in [0.3, 0.4) is 0 Å². The highest BCUT2D eigenvalue weighted by molar-refractivity contribution is 5.74. The van der Waals surface area contributed by atoms with Crippen LogP contribution in [0, 0.1) is 5.92 Å². The molecule has 1 atom stereocenters. The van der Waals surface area contributed by atoms with Crippen LogP contribution in [0.1, 0.15) is 5.56 Å². The van der Waals surface area contributed by atoms with E-state index in [2.05, 4.69) is 10.2 Å². The van der Waals surface area contributed by atoms with E-state index in [0.717, 1.165) is 24.4 Å². The second kappa shape index (κ2) is 8.74. The summed E-state index contributed by atoms with van der Waals surface area (Å²) in [7, 11) is 5.72. The van der Waals surface area contributed by atoms with Crippen molar-refractivity contribution in [2.75, 3.05) is 54.1 Å². The van der Waals surface area contributed by atoms with Gasteiger partial charge in [0.1, 0.15) is 5.75 Å². The van der Waals surface area contributed by atoms with E-state index in [1.807, 2.05) is 43.3 Å². The average Bonchev–Trinajstić information content (AvgIpc) is 2.78. The third-order valence-corrected chi connectivity index (χ3v) is 3.83. The van der Waals surface area contributed by atoms with Crippen LogP contribution in [0.15, 0.2) is 24.3 Å². The van der Waals surface area contributed by atoms with Gasteiger partial charge in [0.25, 0.3) is 0 Å². The Bertz CT molecular complexity index is 508. The monoisotopic (exact) mass is 321 g/mol. The number of nitrogens with one attached hydrogen (secondary N) is 1. The molecule has 1 aliphatic rings. The molecule has 6 nitrogen and oxygen atoms in total. The fraction of sp³-hybridized carbons (Fsp3) is 0.588. The van der Waals surface area contributed by atoms with Gasteiger partial charge in [-0.2, -0.15) is 0 Å². The van der Waals surface area contributed by atoms with Crippen LogP contribution in [0.5, 0.6) is 5.75 Å². The summed E-state index contributed by atoms with van der Waals surface area (Å²) in [5.41, 5.74) is 1.02. The number of ether oxygens (including phenoxy) is 2. The Morgan fingerprint density at radius 3 is 3.04 bits per heavy atom. The van der Waals surface area contributed by atoms with Crippen LogP contribution in [-0.2, 0) is 11.3 Å². The lowest BCUT2D eigenvalue weighted by Crippen LogP contribution is -2.44. The summed E-state index contributed by atoms with van der Waals surface area (Å²) < 4.78 is 10.8. The molecule has 1 N–H and O–H groups in total. The number of carbonyl (C=O) groups excluding carboxylic acids is 1. The molecule has 1 aromatic carbocycles. The normalized spacial score (nSPS) is 18.6. The van der Waals surface area contributed by atoms with Gasteiger partial charge in [-0.3, -0.25) is 0 Å². The van der Waals surface area contributed by atoms with Gasteiger partial charge < -0.3 is 24.6 Å². The van der Waals surface area contributed by atoms with Crippen molar-refractivity contribution in [1.82, 2.24) is 15.1 Å². The highest BCUT2D eigenvalue weighted by atomic mass is 16.5. The summed E-state index contributed by atoms with van der Waals surface area (Å²) in [6.07, 6.45) is 0. The van der Waals surface area contributed by atoms with Crippen molar-refractivity contribution in [1.29, 1.82) is 0 Å². The van der Waals surface area contributed by atoms with Gasteiger partial charge in [0.2, 0.25) is 0 Å². The first-order valence-corrected chi connectivity index (χ1v) is 7.96. The molecule has 128 valence electrons. The van der Waals surface area contributed by atoms with Gasteiger partial charge in [0.15, 0.2) is 0 Å². The minimum absolute atomic E-state index is 0.0397. The lowest BCUT2D eigenvalue weighted by atomic mass is 10.1. The number of amides is 2. The first kappa shape index (κ1) is 17.6. The van der Waals surface area contributed by atoms with Crippen molar-refractivity contribution in [2.24, 2.45) is 5.92 Å². The van der Waals surface area contributed by atoms with Crippen molar-refractivity contribution < 1.29 is 14.3 Å². The van der Waals surface area contributed by atoms with E-state index in [1.165, 1.54) is 0 Å². The molecule has 0 unspecified atom stereocenters. The smallest absolute Gasteiger partial charge is 0.317 e. The average molecular weight is 321 g/mol. The van der Waals surface area contributed by atoms with Crippen LogP contribution in [0.2, 0.25) is 0 Å². The molecule has 1 aliphatic heterocycles. The number of nitrogens with zero attached hydrogens (tertiary/aromatic N) is 2. The third-order valence-electron chi connectivity index (χ3n) is 3.83. The summed E-state index contributed by atoms with van der Waals surface area (Å²) in [5, 5.41) is 2.98. The van der Waals surface area contributed by atoms with Gasteiger partial charge in [0.05, 0.1) is 20.3 Å². The maximum Gasteiger partial charge on any atom is 0.317 e. The van der Waals surface area contributed by atoms with Gasteiger partial charge in [-0.15, -0.1) is 0 Å². The van der Waals surface area contributed by atoms with E-state index in [1.54, 1.807) is 7.11 Å². The number of benzene rings is 1. The first-order chi connectivity index (χ1) is 11.1. The van der Waals surface area contributed by atoms with Gasteiger partial charge in [-0.1, -0.05) is 12.1 Å². The lowest BCUT2D eigenvalue weighted by Gasteiger charge is -2.25. The Kier molecular flexibility index (Phi) is 6.67. The Morgan fingerprint density at radius 2 is 2.30 bits per heavy atom. The Balaban J connectivity index is 1.88. The zero-order valence-electron chi connectivity index (χ0n) is 14.2. The zero-order valence-corrected chi connectivity index (χ0v) is 14.2. The van der Waals surface area contributed by atoms with Gasteiger partial charge in [-0.05, 0) is 31.8 Å². The fourth-order valence-electron chi connectivity index (χ4n) is 2.76. The minimum atomic E-state index is -0.0397.